The second kappa shape index (κ2) is 5.64. The van der Waals surface area contributed by atoms with Gasteiger partial charge in [-0.3, -0.25) is 0 Å². The Bertz CT molecular complexity index is 655. The number of nitrogens with two attached hydrogens (primary N) is 1. The monoisotopic (exact) mass is 284 g/mol. The summed E-state index contributed by atoms with van der Waals surface area (Å²) < 4.78 is 10.5. The predicted molar refractivity (Wildman–Crippen MR) is 83.0 cm³/mol. The van der Waals surface area contributed by atoms with E-state index in [1.54, 1.807) is 20.3 Å². The Labute approximate surface area is 124 Å². The van der Waals surface area contributed by atoms with E-state index in [-0.39, 0.29) is 0 Å². The molecule has 0 saturated heterocycles. The van der Waals surface area contributed by atoms with E-state index in [0.717, 1.165) is 36.4 Å². The number of pyridine rings is 1. The van der Waals surface area contributed by atoms with Gasteiger partial charge in [-0.15, -0.1) is 0 Å². The molecule has 0 spiro atoms. The summed E-state index contributed by atoms with van der Waals surface area (Å²) >= 11 is 0. The Morgan fingerprint density at radius 1 is 1.10 bits per heavy atom. The molecule has 110 valence electrons. The molecule has 1 aromatic carbocycles. The second-order valence-electron chi connectivity index (χ2n) is 5.40. The first-order valence-corrected chi connectivity index (χ1v) is 7.17. The van der Waals surface area contributed by atoms with Gasteiger partial charge in [-0.1, -0.05) is 6.07 Å². The molecule has 2 aromatic rings. The van der Waals surface area contributed by atoms with E-state index in [1.165, 1.54) is 11.1 Å². The third kappa shape index (κ3) is 2.66. The number of aryl methyl sites for hydroxylation is 1. The van der Waals surface area contributed by atoms with Crippen LogP contribution in [0.4, 0.5) is 5.69 Å². The third-order valence-electron chi connectivity index (χ3n) is 4.17. The maximum Gasteiger partial charge on any atom is 0.213 e. The number of fused-ring (bicyclic) bond motifs is 1. The van der Waals surface area contributed by atoms with Crippen LogP contribution in [0, 0.1) is 0 Å². The molecular weight excluding hydrogens is 264 g/mol. The van der Waals surface area contributed by atoms with Crippen LogP contribution in [0.3, 0.4) is 0 Å². The quantitative estimate of drug-likeness (QED) is 0.941. The maximum absolute atomic E-state index is 6.10. The Kier molecular flexibility index (Phi) is 3.69. The van der Waals surface area contributed by atoms with Crippen LogP contribution >= 0.6 is 0 Å². The van der Waals surface area contributed by atoms with E-state index in [2.05, 4.69) is 17.1 Å². The van der Waals surface area contributed by atoms with Crippen molar-refractivity contribution in [1.82, 2.24) is 4.98 Å². The minimum atomic E-state index is 0.348. The first kappa shape index (κ1) is 13.7. The summed E-state index contributed by atoms with van der Waals surface area (Å²) in [7, 11) is 3.33. The van der Waals surface area contributed by atoms with Gasteiger partial charge in [0.15, 0.2) is 0 Å². The molecule has 1 atom stereocenters. The van der Waals surface area contributed by atoms with E-state index in [4.69, 9.17) is 15.2 Å². The van der Waals surface area contributed by atoms with Crippen LogP contribution in [0.5, 0.6) is 11.6 Å². The van der Waals surface area contributed by atoms with Crippen LogP contribution < -0.4 is 15.2 Å². The molecule has 0 amide bonds. The van der Waals surface area contributed by atoms with Gasteiger partial charge in [-0.05, 0) is 48.6 Å². The first-order chi connectivity index (χ1) is 10.2. The molecule has 3 rings (SSSR count). The van der Waals surface area contributed by atoms with Crippen molar-refractivity contribution in [1.29, 1.82) is 0 Å². The standard InChI is InChI=1S/C17H20N2O2/c1-20-14-6-5-11-9-13(4-3-12(11)10-14)17-15(18)7-8-16(19-17)21-2/h5-8,10,13H,3-4,9,18H2,1-2H3. The Morgan fingerprint density at radius 3 is 2.71 bits per heavy atom. The van der Waals surface area contributed by atoms with Crippen molar-refractivity contribution in [2.45, 2.75) is 25.2 Å². The number of benzene rings is 1. The fraction of sp³-hybridized carbons (Fsp3) is 0.353. The smallest absolute Gasteiger partial charge is 0.213 e. The second-order valence-corrected chi connectivity index (χ2v) is 5.40. The average Bonchev–Trinajstić information content (AvgIpc) is 2.54. The van der Waals surface area contributed by atoms with Crippen molar-refractivity contribution in [3.05, 3.63) is 47.2 Å². The third-order valence-corrected chi connectivity index (χ3v) is 4.17. The molecule has 0 aliphatic heterocycles. The number of methoxy groups -OCH3 is 2. The summed E-state index contributed by atoms with van der Waals surface area (Å²) in [5.74, 6) is 1.90. The summed E-state index contributed by atoms with van der Waals surface area (Å²) in [6, 6.07) is 9.99. The van der Waals surface area contributed by atoms with Crippen LogP contribution in [0.2, 0.25) is 0 Å². The Balaban J connectivity index is 1.89. The highest BCUT2D eigenvalue weighted by atomic mass is 16.5. The van der Waals surface area contributed by atoms with Crippen molar-refractivity contribution in [3.8, 4) is 11.6 Å². The van der Waals surface area contributed by atoms with Crippen LogP contribution in [-0.2, 0) is 12.8 Å². The molecule has 0 bridgehead atoms. The van der Waals surface area contributed by atoms with Gasteiger partial charge in [0.05, 0.1) is 25.6 Å². The lowest BCUT2D eigenvalue weighted by Gasteiger charge is -2.25. The number of rotatable bonds is 3. The van der Waals surface area contributed by atoms with Crippen molar-refractivity contribution in [2.24, 2.45) is 0 Å². The van der Waals surface area contributed by atoms with Gasteiger partial charge in [-0.2, -0.15) is 0 Å². The lowest BCUT2D eigenvalue weighted by atomic mass is 9.81. The molecule has 1 aliphatic rings. The van der Waals surface area contributed by atoms with E-state index in [0.29, 0.717) is 11.8 Å². The molecule has 0 saturated carbocycles. The van der Waals surface area contributed by atoms with Gasteiger partial charge < -0.3 is 15.2 Å². The molecule has 1 unspecified atom stereocenters. The molecule has 1 heterocycles. The molecule has 1 aromatic heterocycles. The maximum atomic E-state index is 6.10. The van der Waals surface area contributed by atoms with Crippen LogP contribution in [0.15, 0.2) is 30.3 Å². The number of hydrogen-bond donors (Lipinski definition) is 1. The van der Waals surface area contributed by atoms with Crippen molar-refractivity contribution < 1.29 is 9.47 Å². The normalized spacial score (nSPS) is 17.1. The predicted octanol–water partition coefficient (Wildman–Crippen LogP) is 2.95. The van der Waals surface area contributed by atoms with Gasteiger partial charge >= 0.3 is 0 Å². The fourth-order valence-electron chi connectivity index (χ4n) is 3.00. The number of nitrogen functional groups attached to an aromatic ring is 1. The number of anilines is 1. The van der Waals surface area contributed by atoms with E-state index in [9.17, 15) is 0 Å². The minimum Gasteiger partial charge on any atom is -0.497 e. The van der Waals surface area contributed by atoms with E-state index >= 15 is 0 Å². The zero-order valence-corrected chi connectivity index (χ0v) is 12.4. The van der Waals surface area contributed by atoms with E-state index < -0.39 is 0 Å². The van der Waals surface area contributed by atoms with Crippen molar-refractivity contribution in [2.75, 3.05) is 20.0 Å². The average molecular weight is 284 g/mol. The minimum absolute atomic E-state index is 0.348. The number of ether oxygens (including phenoxy) is 2. The molecule has 4 heteroatoms. The van der Waals surface area contributed by atoms with Gasteiger partial charge in [0, 0.05) is 12.0 Å². The highest BCUT2D eigenvalue weighted by Crippen LogP contribution is 2.36. The number of aromatic nitrogens is 1. The topological polar surface area (TPSA) is 57.4 Å². The SMILES string of the molecule is COc1ccc2c(c1)CCC(c1nc(OC)ccc1N)C2. The Hall–Kier alpha value is -2.23. The number of nitrogens with zero attached hydrogens (tertiary/aromatic N) is 1. The molecule has 1 aliphatic carbocycles. The highest BCUT2D eigenvalue weighted by Gasteiger charge is 2.23. The lowest BCUT2D eigenvalue weighted by molar-refractivity contribution is 0.394. The van der Waals surface area contributed by atoms with Gasteiger partial charge in [0.1, 0.15) is 5.75 Å². The van der Waals surface area contributed by atoms with Gasteiger partial charge in [-0.25, -0.2) is 4.98 Å². The summed E-state index contributed by atoms with van der Waals surface area (Å²) in [6.07, 6.45) is 3.03. The zero-order valence-electron chi connectivity index (χ0n) is 12.4. The van der Waals surface area contributed by atoms with Crippen molar-refractivity contribution in [3.63, 3.8) is 0 Å². The Morgan fingerprint density at radius 2 is 1.95 bits per heavy atom. The van der Waals surface area contributed by atoms with Crippen molar-refractivity contribution >= 4 is 5.69 Å². The zero-order chi connectivity index (χ0) is 14.8. The number of hydrogen-bond acceptors (Lipinski definition) is 4. The summed E-state index contributed by atoms with van der Waals surface area (Å²) in [6.45, 7) is 0. The van der Waals surface area contributed by atoms with Crippen LogP contribution in [-0.4, -0.2) is 19.2 Å². The molecular formula is C17H20N2O2. The van der Waals surface area contributed by atoms with Crippen LogP contribution in [0.25, 0.3) is 0 Å². The van der Waals surface area contributed by atoms with Gasteiger partial charge in [0.25, 0.3) is 0 Å². The molecule has 21 heavy (non-hydrogen) atoms. The largest absolute Gasteiger partial charge is 0.497 e. The van der Waals surface area contributed by atoms with Gasteiger partial charge in [0.2, 0.25) is 5.88 Å². The molecule has 0 fully saturated rings. The first-order valence-electron chi connectivity index (χ1n) is 7.17. The summed E-state index contributed by atoms with van der Waals surface area (Å²) in [5, 5.41) is 0. The molecule has 0 radical (unpaired) electrons. The van der Waals surface area contributed by atoms with Crippen LogP contribution in [0.1, 0.15) is 29.2 Å². The lowest BCUT2D eigenvalue weighted by Crippen LogP contribution is -2.16. The molecule has 2 N–H and O–H groups in total. The van der Waals surface area contributed by atoms with E-state index in [1.807, 2.05) is 12.1 Å². The molecule has 4 nitrogen and oxygen atoms in total. The summed E-state index contributed by atoms with van der Waals surface area (Å²) in [5.41, 5.74) is 10.5. The highest BCUT2D eigenvalue weighted by molar-refractivity contribution is 5.48. The fourth-order valence-corrected chi connectivity index (χ4v) is 3.00. The summed E-state index contributed by atoms with van der Waals surface area (Å²) in [4.78, 5) is 4.55.